The highest BCUT2D eigenvalue weighted by atomic mass is 32.2. The minimum absolute atomic E-state index is 0.105. The number of carbonyl (C=O) groups is 1. The smallest absolute Gasteiger partial charge is 0.241 e. The summed E-state index contributed by atoms with van der Waals surface area (Å²) in [6.45, 7) is 2.60. The third kappa shape index (κ3) is 4.74. The molecule has 132 valence electrons. The molecule has 1 aromatic rings. The number of nitrogens with zero attached hydrogens (tertiary/aromatic N) is 1. The number of amides is 1. The van der Waals surface area contributed by atoms with E-state index < -0.39 is 0 Å². The fourth-order valence-electron chi connectivity index (χ4n) is 3.79. The molecule has 1 heterocycles. The van der Waals surface area contributed by atoms with Gasteiger partial charge in [0.1, 0.15) is 6.04 Å². The van der Waals surface area contributed by atoms with Crippen LogP contribution in [0.4, 0.5) is 0 Å². The number of aliphatic hydroxyl groups is 1. The molecule has 3 rings (SSSR count). The van der Waals surface area contributed by atoms with E-state index in [0.717, 1.165) is 55.8 Å². The van der Waals surface area contributed by atoms with Gasteiger partial charge in [0.25, 0.3) is 0 Å². The van der Waals surface area contributed by atoms with Crippen molar-refractivity contribution in [2.75, 3.05) is 31.1 Å². The zero-order chi connectivity index (χ0) is 16.8. The molecule has 0 aromatic heterocycles. The van der Waals surface area contributed by atoms with Crippen molar-refractivity contribution < 1.29 is 9.90 Å². The van der Waals surface area contributed by atoms with Crippen LogP contribution in [-0.4, -0.2) is 53.2 Å². The molecule has 0 radical (unpaired) electrons. The first-order valence-electron chi connectivity index (χ1n) is 9.06. The van der Waals surface area contributed by atoms with Crippen LogP contribution >= 0.6 is 11.8 Å². The second-order valence-corrected chi connectivity index (χ2v) is 8.12. The van der Waals surface area contributed by atoms with Gasteiger partial charge in [-0.2, -0.15) is 11.8 Å². The SMILES string of the molecule is O=C(NCC1CCCC(O)C1)C(c1ccccc1)N1CCSCC1. The molecule has 2 aliphatic rings. The summed E-state index contributed by atoms with van der Waals surface area (Å²) < 4.78 is 0. The summed E-state index contributed by atoms with van der Waals surface area (Å²) in [5.74, 6) is 2.69. The number of thioether (sulfide) groups is 1. The Labute approximate surface area is 149 Å². The summed E-state index contributed by atoms with van der Waals surface area (Å²) in [4.78, 5) is 15.2. The lowest BCUT2D eigenvalue weighted by molar-refractivity contribution is -0.127. The summed E-state index contributed by atoms with van der Waals surface area (Å²) in [6.07, 6.45) is 3.70. The van der Waals surface area contributed by atoms with Gasteiger partial charge in [-0.1, -0.05) is 36.8 Å². The first kappa shape index (κ1) is 17.8. The van der Waals surface area contributed by atoms with Crippen molar-refractivity contribution >= 4 is 17.7 Å². The molecule has 24 heavy (non-hydrogen) atoms. The zero-order valence-electron chi connectivity index (χ0n) is 14.2. The van der Waals surface area contributed by atoms with Gasteiger partial charge in [-0.05, 0) is 30.7 Å². The van der Waals surface area contributed by atoms with Crippen molar-refractivity contribution in [3.63, 3.8) is 0 Å². The number of rotatable bonds is 5. The quantitative estimate of drug-likeness (QED) is 0.858. The van der Waals surface area contributed by atoms with E-state index in [1.165, 1.54) is 0 Å². The number of hydrogen-bond acceptors (Lipinski definition) is 4. The van der Waals surface area contributed by atoms with Gasteiger partial charge in [0.15, 0.2) is 0 Å². The van der Waals surface area contributed by atoms with Gasteiger partial charge in [-0.3, -0.25) is 9.69 Å². The highest BCUT2D eigenvalue weighted by molar-refractivity contribution is 7.99. The van der Waals surface area contributed by atoms with E-state index >= 15 is 0 Å². The molecule has 2 fully saturated rings. The summed E-state index contributed by atoms with van der Waals surface area (Å²) >= 11 is 1.96. The normalized spacial score (nSPS) is 26.7. The van der Waals surface area contributed by atoms with Crippen LogP contribution in [0.1, 0.15) is 37.3 Å². The molecule has 0 bridgehead atoms. The Morgan fingerprint density at radius 2 is 2.00 bits per heavy atom. The monoisotopic (exact) mass is 348 g/mol. The molecule has 1 aromatic carbocycles. The topological polar surface area (TPSA) is 52.6 Å². The number of hydrogen-bond donors (Lipinski definition) is 2. The highest BCUT2D eigenvalue weighted by Crippen LogP contribution is 2.26. The summed E-state index contributed by atoms with van der Waals surface area (Å²) in [5, 5.41) is 13.0. The molecule has 4 nitrogen and oxygen atoms in total. The fraction of sp³-hybridized carbons (Fsp3) is 0.632. The maximum atomic E-state index is 12.9. The van der Waals surface area contributed by atoms with Crippen molar-refractivity contribution in [3.8, 4) is 0 Å². The Bertz CT molecular complexity index is 519. The molecule has 1 saturated heterocycles. The van der Waals surface area contributed by atoms with Crippen LogP contribution in [0.2, 0.25) is 0 Å². The molecule has 1 saturated carbocycles. The molecule has 0 spiro atoms. The Morgan fingerprint density at radius 3 is 2.71 bits per heavy atom. The van der Waals surface area contributed by atoms with Crippen LogP contribution < -0.4 is 5.32 Å². The predicted molar refractivity (Wildman–Crippen MR) is 99.1 cm³/mol. The average Bonchev–Trinajstić information content (AvgIpc) is 2.62. The number of aliphatic hydroxyl groups excluding tert-OH is 1. The lowest BCUT2D eigenvalue weighted by atomic mass is 9.87. The molecular weight excluding hydrogens is 320 g/mol. The van der Waals surface area contributed by atoms with Gasteiger partial charge in [0.2, 0.25) is 5.91 Å². The lowest BCUT2D eigenvalue weighted by Crippen LogP contribution is -2.45. The maximum Gasteiger partial charge on any atom is 0.241 e. The first-order valence-corrected chi connectivity index (χ1v) is 10.2. The van der Waals surface area contributed by atoms with Crippen molar-refractivity contribution in [3.05, 3.63) is 35.9 Å². The molecule has 1 aliphatic heterocycles. The molecule has 2 N–H and O–H groups in total. The van der Waals surface area contributed by atoms with E-state index in [0.29, 0.717) is 12.5 Å². The van der Waals surface area contributed by atoms with Gasteiger partial charge in [0.05, 0.1) is 6.10 Å². The average molecular weight is 349 g/mol. The van der Waals surface area contributed by atoms with E-state index in [1.807, 2.05) is 30.0 Å². The van der Waals surface area contributed by atoms with Crippen molar-refractivity contribution in [1.29, 1.82) is 0 Å². The second-order valence-electron chi connectivity index (χ2n) is 6.89. The Kier molecular flexibility index (Phi) is 6.58. The Morgan fingerprint density at radius 1 is 1.25 bits per heavy atom. The summed E-state index contributed by atoms with van der Waals surface area (Å²) in [6, 6.07) is 9.92. The van der Waals surface area contributed by atoms with Crippen molar-refractivity contribution in [2.45, 2.75) is 37.8 Å². The largest absolute Gasteiger partial charge is 0.393 e. The van der Waals surface area contributed by atoms with E-state index in [1.54, 1.807) is 0 Å². The van der Waals surface area contributed by atoms with Crippen LogP contribution in [0, 0.1) is 5.92 Å². The van der Waals surface area contributed by atoms with E-state index in [9.17, 15) is 9.90 Å². The predicted octanol–water partition coefficient (Wildman–Crippen LogP) is 2.44. The van der Waals surface area contributed by atoms with Gasteiger partial charge >= 0.3 is 0 Å². The van der Waals surface area contributed by atoms with Gasteiger partial charge in [-0.15, -0.1) is 0 Å². The molecule has 5 heteroatoms. The van der Waals surface area contributed by atoms with E-state index in [4.69, 9.17) is 0 Å². The molecule has 1 aliphatic carbocycles. The maximum absolute atomic E-state index is 12.9. The third-order valence-corrected chi connectivity index (χ3v) is 6.04. The number of benzene rings is 1. The second kappa shape index (κ2) is 8.88. The first-order chi connectivity index (χ1) is 11.7. The van der Waals surface area contributed by atoms with Crippen LogP contribution in [0.15, 0.2) is 30.3 Å². The van der Waals surface area contributed by atoms with E-state index in [-0.39, 0.29) is 18.1 Å². The van der Waals surface area contributed by atoms with E-state index in [2.05, 4.69) is 22.3 Å². The van der Waals surface area contributed by atoms with Crippen LogP contribution in [0.5, 0.6) is 0 Å². The van der Waals surface area contributed by atoms with Crippen molar-refractivity contribution in [1.82, 2.24) is 10.2 Å². The van der Waals surface area contributed by atoms with Crippen LogP contribution in [-0.2, 0) is 4.79 Å². The molecule has 3 unspecified atom stereocenters. The summed E-state index contributed by atoms with van der Waals surface area (Å²) in [7, 11) is 0. The Hall–Kier alpha value is -1.04. The standard InChI is InChI=1S/C19H28N2O2S/c22-17-8-4-5-15(13-17)14-20-19(23)18(16-6-2-1-3-7-16)21-9-11-24-12-10-21/h1-3,6-7,15,17-18,22H,4-5,8-14H2,(H,20,23). The Balaban J connectivity index is 1.64. The van der Waals surface area contributed by atoms with Crippen LogP contribution in [0.25, 0.3) is 0 Å². The van der Waals surface area contributed by atoms with Gasteiger partial charge < -0.3 is 10.4 Å². The lowest BCUT2D eigenvalue weighted by Gasteiger charge is -2.34. The number of carbonyl (C=O) groups excluding carboxylic acids is 1. The minimum Gasteiger partial charge on any atom is -0.393 e. The fourth-order valence-corrected chi connectivity index (χ4v) is 4.72. The highest BCUT2D eigenvalue weighted by Gasteiger charge is 2.29. The summed E-state index contributed by atoms with van der Waals surface area (Å²) in [5.41, 5.74) is 1.07. The van der Waals surface area contributed by atoms with Crippen LogP contribution in [0.3, 0.4) is 0 Å². The molecular formula is C19H28N2O2S. The minimum atomic E-state index is -0.194. The van der Waals surface area contributed by atoms with Crippen molar-refractivity contribution in [2.24, 2.45) is 5.92 Å². The van der Waals surface area contributed by atoms with Gasteiger partial charge in [0, 0.05) is 31.1 Å². The molecule has 1 amide bonds. The third-order valence-electron chi connectivity index (χ3n) is 5.09. The van der Waals surface area contributed by atoms with Gasteiger partial charge in [-0.25, -0.2) is 0 Å². The molecule has 3 atom stereocenters. The zero-order valence-corrected chi connectivity index (χ0v) is 15.0. The number of nitrogens with one attached hydrogen (secondary N) is 1.